The van der Waals surface area contributed by atoms with Gasteiger partial charge in [0.15, 0.2) is 10.3 Å². The Morgan fingerprint density at radius 2 is 0.967 bits per heavy atom. The molecule has 0 aromatic heterocycles. The number of hydrogen-bond donors (Lipinski definition) is 6. The van der Waals surface area contributed by atoms with Crippen molar-refractivity contribution in [2.45, 2.75) is 7.59 Å². The number of rotatable bonds is 9. The SMILES string of the molecule is NC(S)=NCCOCCOCCN=C(N)S.O=C(O)C(Cl)(Cl)Cl.O=C(O)C(Cl)(Cl)Cl. The molecule has 0 unspecified atom stereocenters. The van der Waals surface area contributed by atoms with Gasteiger partial charge in [0.05, 0.1) is 39.5 Å². The number of thiol groups is 2. The molecule has 6 N–H and O–H groups in total. The van der Waals surface area contributed by atoms with Gasteiger partial charge in [-0.05, 0) is 0 Å². The zero-order valence-electron chi connectivity index (χ0n) is 15.0. The van der Waals surface area contributed by atoms with Crippen molar-refractivity contribution in [1.82, 2.24) is 0 Å². The number of aliphatic imine (C=N–C) groups is 2. The van der Waals surface area contributed by atoms with E-state index in [-0.39, 0.29) is 10.3 Å². The van der Waals surface area contributed by atoms with E-state index in [1.54, 1.807) is 0 Å². The lowest BCUT2D eigenvalue weighted by Crippen LogP contribution is -2.16. The van der Waals surface area contributed by atoms with Crippen LogP contribution in [0.3, 0.4) is 0 Å². The lowest BCUT2D eigenvalue weighted by atomic mass is 10.6. The number of hydrogen-bond acceptors (Lipinski definition) is 6. The number of carbonyl (C=O) groups is 2. The summed E-state index contributed by atoms with van der Waals surface area (Å²) in [4.78, 5) is 26.9. The third kappa shape index (κ3) is 32.9. The second-order valence-electron chi connectivity index (χ2n) is 4.31. The fourth-order valence-electron chi connectivity index (χ4n) is 0.771. The molecule has 0 aliphatic rings. The normalized spacial score (nSPS) is 12.3. The predicted molar refractivity (Wildman–Crippen MR) is 128 cm³/mol. The van der Waals surface area contributed by atoms with Crippen molar-refractivity contribution in [3.8, 4) is 0 Å². The van der Waals surface area contributed by atoms with Crippen LogP contribution in [0.25, 0.3) is 0 Å². The summed E-state index contributed by atoms with van der Waals surface area (Å²) in [5.74, 6) is -2.92. The van der Waals surface area contributed by atoms with Crippen molar-refractivity contribution in [3.05, 3.63) is 0 Å². The van der Waals surface area contributed by atoms with Gasteiger partial charge in [0.1, 0.15) is 0 Å². The van der Waals surface area contributed by atoms with E-state index in [4.69, 9.17) is 101 Å². The maximum Gasteiger partial charge on any atom is 0.356 e. The third-order valence-corrected chi connectivity index (χ3v) is 3.13. The van der Waals surface area contributed by atoms with Gasteiger partial charge in [-0.15, -0.1) is 25.3 Å². The van der Waals surface area contributed by atoms with Gasteiger partial charge in [-0.3, -0.25) is 9.98 Å². The van der Waals surface area contributed by atoms with Gasteiger partial charge in [-0.2, -0.15) is 0 Å². The molecule has 0 aromatic carbocycles. The first-order valence-corrected chi connectivity index (χ1v) is 10.4. The molecule has 0 saturated carbocycles. The fraction of sp³-hybridized carbons (Fsp3) is 0.667. The van der Waals surface area contributed by atoms with Crippen LogP contribution in [-0.2, 0) is 19.1 Å². The number of aliphatic carboxylic acids is 2. The molecule has 0 aliphatic carbocycles. The molecular weight excluding hydrogens is 573 g/mol. The van der Waals surface area contributed by atoms with Crippen LogP contribution in [0.5, 0.6) is 0 Å². The van der Waals surface area contributed by atoms with Crippen LogP contribution < -0.4 is 11.5 Å². The van der Waals surface area contributed by atoms with Gasteiger partial charge in [0.25, 0.3) is 7.59 Å². The van der Waals surface area contributed by atoms with E-state index in [9.17, 15) is 9.59 Å². The first-order chi connectivity index (χ1) is 13.5. The minimum atomic E-state index is -2.17. The lowest BCUT2D eigenvalue weighted by Gasteiger charge is -2.03. The second-order valence-corrected chi connectivity index (χ2v) is 9.79. The molecule has 10 nitrogen and oxygen atoms in total. The van der Waals surface area contributed by atoms with Crippen LogP contribution in [0.2, 0.25) is 0 Å². The maximum atomic E-state index is 9.62. The molecule has 0 saturated heterocycles. The molecule has 0 atom stereocenters. The van der Waals surface area contributed by atoms with Gasteiger partial charge >= 0.3 is 11.9 Å². The number of carboxylic acids is 2. The number of nitrogens with two attached hydrogens (primary N) is 2. The van der Waals surface area contributed by atoms with Crippen LogP contribution in [0.4, 0.5) is 0 Å². The van der Waals surface area contributed by atoms with Gasteiger partial charge in [-0.1, -0.05) is 69.6 Å². The smallest absolute Gasteiger partial charge is 0.356 e. The number of ether oxygens (including phenoxy) is 2. The van der Waals surface area contributed by atoms with E-state index in [1.807, 2.05) is 0 Å². The van der Waals surface area contributed by atoms with Gasteiger partial charge < -0.3 is 31.2 Å². The number of nitrogens with zero attached hydrogens (tertiary/aromatic N) is 2. The summed E-state index contributed by atoms with van der Waals surface area (Å²) < 4.78 is 6.10. The maximum absolute atomic E-state index is 9.62. The van der Waals surface area contributed by atoms with Crippen molar-refractivity contribution < 1.29 is 29.3 Å². The van der Waals surface area contributed by atoms with E-state index >= 15 is 0 Å². The molecule has 0 heterocycles. The highest BCUT2D eigenvalue weighted by molar-refractivity contribution is 7.97. The van der Waals surface area contributed by atoms with E-state index in [0.29, 0.717) is 39.5 Å². The Bertz CT molecular complexity index is 504. The molecule has 0 amide bonds. The van der Waals surface area contributed by atoms with Crippen molar-refractivity contribution in [2.24, 2.45) is 21.5 Å². The highest BCUT2D eigenvalue weighted by Gasteiger charge is 2.30. The van der Waals surface area contributed by atoms with Crippen molar-refractivity contribution in [1.29, 1.82) is 0 Å². The lowest BCUT2D eigenvalue weighted by molar-refractivity contribution is -0.136. The van der Waals surface area contributed by atoms with Crippen LogP contribution in [-0.4, -0.2) is 79.6 Å². The minimum Gasteiger partial charge on any atom is -0.478 e. The predicted octanol–water partition coefficient (Wildman–Crippen LogP) is 2.39. The molecule has 0 aliphatic heterocycles. The molecule has 0 bridgehead atoms. The zero-order valence-corrected chi connectivity index (χ0v) is 21.3. The number of carboxylic acid groups (broad SMARTS) is 2. The van der Waals surface area contributed by atoms with Gasteiger partial charge in [0.2, 0.25) is 0 Å². The van der Waals surface area contributed by atoms with Crippen LogP contribution >= 0.6 is 94.9 Å². The van der Waals surface area contributed by atoms with Crippen molar-refractivity contribution in [3.63, 3.8) is 0 Å². The molecule has 30 heavy (non-hydrogen) atoms. The molecule has 0 radical (unpaired) electrons. The summed E-state index contributed by atoms with van der Waals surface area (Å²) in [6, 6.07) is 0. The molecule has 0 rings (SSSR count). The summed E-state index contributed by atoms with van der Waals surface area (Å²) >= 11 is 36.4. The first kappa shape index (κ1) is 34.8. The first-order valence-electron chi connectivity index (χ1n) is 7.25. The van der Waals surface area contributed by atoms with Crippen molar-refractivity contribution >= 4 is 117 Å². The third-order valence-electron chi connectivity index (χ3n) is 1.88. The Morgan fingerprint density at radius 3 is 1.13 bits per heavy atom. The summed E-state index contributed by atoms with van der Waals surface area (Å²) in [6.07, 6.45) is 0. The highest BCUT2D eigenvalue weighted by Crippen LogP contribution is 2.25. The molecule has 18 heteroatoms. The molecule has 0 fully saturated rings. The largest absolute Gasteiger partial charge is 0.478 e. The standard InChI is InChI=1S/C8H18N4O2S2.2C2HCl3O2/c9-7(15)11-1-3-13-5-6-14-4-2-12-8(10)16;2*3-2(4,5)1(6)7/h1-6H2,(H3,9,11,15)(H3,10,12,16);2*(H,6,7). The molecule has 0 spiro atoms. The number of halogens is 6. The Balaban J connectivity index is -0.000000430. The van der Waals surface area contributed by atoms with E-state index in [0.717, 1.165) is 0 Å². The highest BCUT2D eigenvalue weighted by atomic mass is 35.6. The summed E-state index contributed by atoms with van der Waals surface area (Å²) in [5.41, 5.74) is 10.4. The zero-order chi connectivity index (χ0) is 24.4. The topological polar surface area (TPSA) is 170 Å². The van der Waals surface area contributed by atoms with Crippen LogP contribution in [0.1, 0.15) is 0 Å². The van der Waals surface area contributed by atoms with Gasteiger partial charge in [0, 0.05) is 0 Å². The Hall–Kier alpha value is 0.240. The Labute approximate surface area is 214 Å². The van der Waals surface area contributed by atoms with Gasteiger partial charge in [-0.25, -0.2) is 9.59 Å². The Kier molecular flexibility index (Phi) is 23.1. The van der Waals surface area contributed by atoms with E-state index in [2.05, 4.69) is 35.2 Å². The second kappa shape index (κ2) is 19.9. The monoisotopic (exact) mass is 590 g/mol. The Morgan fingerprint density at radius 1 is 0.733 bits per heavy atom. The summed E-state index contributed by atoms with van der Waals surface area (Å²) in [5, 5.41) is 16.2. The average Bonchev–Trinajstić information content (AvgIpc) is 2.55. The van der Waals surface area contributed by atoms with E-state index < -0.39 is 19.5 Å². The molecule has 0 aromatic rings. The van der Waals surface area contributed by atoms with E-state index in [1.165, 1.54) is 0 Å². The fourth-order valence-corrected chi connectivity index (χ4v) is 0.971. The quantitative estimate of drug-likeness (QED) is 0.0779. The summed E-state index contributed by atoms with van der Waals surface area (Å²) in [6.45, 7) is 3.06. The minimum absolute atomic E-state index is 0.266. The van der Waals surface area contributed by atoms with Crippen LogP contribution in [0, 0.1) is 0 Å². The molecule has 178 valence electrons. The number of alkyl halides is 6. The summed E-state index contributed by atoms with van der Waals surface area (Å²) in [7, 11) is 0. The average molecular weight is 593 g/mol. The number of amidine groups is 2. The molecular formula is C12H20Cl6N4O6S2. The van der Waals surface area contributed by atoms with Crippen molar-refractivity contribution in [2.75, 3.05) is 39.5 Å². The van der Waals surface area contributed by atoms with Crippen LogP contribution in [0.15, 0.2) is 9.98 Å².